The molecule has 0 radical (unpaired) electrons. The first-order chi connectivity index (χ1) is 7.25. The van der Waals surface area contributed by atoms with Crippen molar-refractivity contribution in [3.05, 3.63) is 0 Å². The van der Waals surface area contributed by atoms with Gasteiger partial charge in [-0.15, -0.1) is 8.58 Å². The van der Waals surface area contributed by atoms with E-state index in [0.29, 0.717) is 5.66 Å². The van der Waals surface area contributed by atoms with Crippen molar-refractivity contribution < 1.29 is 10.2 Å². The lowest BCUT2D eigenvalue weighted by Gasteiger charge is -2.34. The third kappa shape index (κ3) is 3.41. The molecule has 0 spiro atoms. The Labute approximate surface area is 94.2 Å². The second-order valence-electron chi connectivity index (χ2n) is 5.14. The van der Waals surface area contributed by atoms with Crippen LogP contribution < -0.4 is 0 Å². The molecule has 3 heteroatoms. The van der Waals surface area contributed by atoms with Crippen molar-refractivity contribution in [3.63, 3.8) is 0 Å². The van der Waals surface area contributed by atoms with Gasteiger partial charge in [-0.25, -0.2) is 0 Å². The molecule has 88 valence electrons. The predicted octanol–water partition coefficient (Wildman–Crippen LogP) is 2.27. The molecule has 0 aromatic rings. The summed E-state index contributed by atoms with van der Waals surface area (Å²) in [5.74, 6) is 0. The Bertz CT molecular complexity index is 192. The summed E-state index contributed by atoms with van der Waals surface area (Å²) in [5.41, 5.74) is 1.25. The van der Waals surface area contributed by atoms with Crippen LogP contribution in [0.5, 0.6) is 0 Å². The topological polar surface area (TPSA) is 40.5 Å². The van der Waals surface area contributed by atoms with Crippen molar-refractivity contribution in [1.82, 2.24) is 0 Å². The molecule has 0 amide bonds. The Morgan fingerprint density at radius 3 is 2.33 bits per heavy atom. The fourth-order valence-electron chi connectivity index (χ4n) is 2.88. The zero-order chi connectivity index (χ0) is 10.7. The van der Waals surface area contributed by atoms with Gasteiger partial charge in [-0.05, 0) is 37.8 Å². The van der Waals surface area contributed by atoms with Gasteiger partial charge in [0.05, 0.1) is 12.2 Å². The quantitative estimate of drug-likeness (QED) is 0.714. The highest BCUT2D eigenvalue weighted by Gasteiger charge is 2.30. The molecule has 15 heavy (non-hydrogen) atoms. The molecule has 2 rings (SSSR count). The summed E-state index contributed by atoms with van der Waals surface area (Å²) in [7, 11) is 0.887. The van der Waals surface area contributed by atoms with Gasteiger partial charge in [-0.3, -0.25) is 0 Å². The maximum absolute atomic E-state index is 9.91. The minimum atomic E-state index is -0.144. The highest BCUT2D eigenvalue weighted by molar-refractivity contribution is 7.39. The summed E-state index contributed by atoms with van der Waals surface area (Å²) in [6.07, 6.45) is 9.05. The van der Waals surface area contributed by atoms with Crippen molar-refractivity contribution in [2.75, 3.05) is 0 Å². The normalized spacial score (nSPS) is 40.0. The summed E-state index contributed by atoms with van der Waals surface area (Å²) in [5, 5.41) is 19.5. The third-order valence-corrected chi connectivity index (χ3v) is 5.94. The molecular weight excluding hydrogens is 207 g/mol. The van der Waals surface area contributed by atoms with E-state index in [1.165, 1.54) is 32.1 Å². The van der Waals surface area contributed by atoms with Gasteiger partial charge in [0.2, 0.25) is 0 Å². The fourth-order valence-corrected chi connectivity index (χ4v) is 5.03. The molecule has 0 aromatic heterocycles. The van der Waals surface area contributed by atoms with Crippen LogP contribution in [0.2, 0.25) is 0 Å². The molecule has 0 aliphatic heterocycles. The Balaban J connectivity index is 1.80. The monoisotopic (exact) mass is 230 g/mol. The van der Waals surface area contributed by atoms with E-state index in [4.69, 9.17) is 0 Å². The van der Waals surface area contributed by atoms with Crippen LogP contribution >= 0.6 is 8.58 Å². The highest BCUT2D eigenvalue weighted by atomic mass is 31.1. The first-order valence-corrected chi connectivity index (χ1v) is 7.53. The van der Waals surface area contributed by atoms with Crippen molar-refractivity contribution in [1.29, 1.82) is 0 Å². The van der Waals surface area contributed by atoms with Crippen molar-refractivity contribution in [2.24, 2.45) is 0 Å². The second-order valence-corrected chi connectivity index (χ2v) is 7.03. The van der Waals surface area contributed by atoms with Crippen LogP contribution in [0.1, 0.15) is 51.4 Å². The number of hydrogen-bond donors (Lipinski definition) is 2. The average molecular weight is 230 g/mol. The molecule has 2 fully saturated rings. The molecule has 0 bridgehead atoms. The van der Waals surface area contributed by atoms with E-state index in [9.17, 15) is 10.2 Å². The molecule has 2 saturated carbocycles. The predicted molar refractivity (Wildman–Crippen MR) is 64.8 cm³/mol. The van der Waals surface area contributed by atoms with E-state index in [1.807, 2.05) is 0 Å². The SMILES string of the molecule is OC1CCC(O)C(PC2CCCCC2)C1. The van der Waals surface area contributed by atoms with Crippen molar-refractivity contribution in [2.45, 2.75) is 74.9 Å². The zero-order valence-electron chi connectivity index (χ0n) is 9.36. The van der Waals surface area contributed by atoms with Gasteiger partial charge in [0.25, 0.3) is 0 Å². The summed E-state index contributed by atoms with van der Waals surface area (Å²) in [6, 6.07) is 0. The first-order valence-electron chi connectivity index (χ1n) is 6.38. The van der Waals surface area contributed by atoms with E-state index in [2.05, 4.69) is 0 Å². The van der Waals surface area contributed by atoms with Crippen LogP contribution in [0.4, 0.5) is 0 Å². The minimum Gasteiger partial charge on any atom is -0.393 e. The van der Waals surface area contributed by atoms with Gasteiger partial charge >= 0.3 is 0 Å². The Hall–Kier alpha value is 0.350. The largest absolute Gasteiger partial charge is 0.393 e. The zero-order valence-corrected chi connectivity index (χ0v) is 10.4. The van der Waals surface area contributed by atoms with E-state index < -0.39 is 0 Å². The number of hydrogen-bond acceptors (Lipinski definition) is 2. The summed E-state index contributed by atoms with van der Waals surface area (Å²) >= 11 is 0. The van der Waals surface area contributed by atoms with Crippen LogP contribution in [0.25, 0.3) is 0 Å². The average Bonchev–Trinajstić information content (AvgIpc) is 2.25. The Morgan fingerprint density at radius 2 is 1.60 bits per heavy atom. The molecule has 0 aromatic carbocycles. The summed E-state index contributed by atoms with van der Waals surface area (Å²) in [6.45, 7) is 0. The maximum Gasteiger partial charge on any atom is 0.0607 e. The Morgan fingerprint density at radius 1 is 0.867 bits per heavy atom. The molecule has 0 heterocycles. The molecular formula is C12H23O2P. The van der Waals surface area contributed by atoms with E-state index in [1.54, 1.807) is 0 Å². The van der Waals surface area contributed by atoms with Crippen LogP contribution in [0.3, 0.4) is 0 Å². The van der Waals surface area contributed by atoms with Gasteiger partial charge < -0.3 is 10.2 Å². The van der Waals surface area contributed by atoms with E-state index in [0.717, 1.165) is 33.5 Å². The molecule has 2 N–H and O–H groups in total. The standard InChI is InChI=1S/C12H23O2P/c13-9-6-7-11(14)12(8-9)15-10-4-2-1-3-5-10/h9-15H,1-8H2. The van der Waals surface area contributed by atoms with Crippen LogP contribution in [-0.2, 0) is 0 Å². The van der Waals surface area contributed by atoms with Crippen LogP contribution in [-0.4, -0.2) is 33.7 Å². The molecule has 2 nitrogen and oxygen atoms in total. The molecule has 0 saturated heterocycles. The Kier molecular flexibility index (Phi) is 4.42. The van der Waals surface area contributed by atoms with Gasteiger partial charge in [-0.2, -0.15) is 0 Å². The van der Waals surface area contributed by atoms with Gasteiger partial charge in [0, 0.05) is 5.66 Å². The number of aliphatic hydroxyl groups is 2. The summed E-state index contributed by atoms with van der Waals surface area (Å²) < 4.78 is 0. The van der Waals surface area contributed by atoms with Gasteiger partial charge in [0.1, 0.15) is 0 Å². The fraction of sp³-hybridized carbons (Fsp3) is 1.00. The summed E-state index contributed by atoms with van der Waals surface area (Å²) in [4.78, 5) is 0. The highest BCUT2D eigenvalue weighted by Crippen LogP contribution is 2.41. The molecule has 4 unspecified atom stereocenters. The lowest BCUT2D eigenvalue weighted by molar-refractivity contribution is 0.0584. The second kappa shape index (κ2) is 5.61. The third-order valence-electron chi connectivity index (χ3n) is 3.84. The van der Waals surface area contributed by atoms with Crippen molar-refractivity contribution >= 4 is 8.58 Å². The van der Waals surface area contributed by atoms with Crippen molar-refractivity contribution in [3.8, 4) is 0 Å². The lowest BCUT2D eigenvalue weighted by Crippen LogP contribution is -2.34. The van der Waals surface area contributed by atoms with Crippen LogP contribution in [0.15, 0.2) is 0 Å². The van der Waals surface area contributed by atoms with E-state index >= 15 is 0 Å². The number of rotatable bonds is 2. The van der Waals surface area contributed by atoms with Crippen LogP contribution in [0, 0.1) is 0 Å². The van der Waals surface area contributed by atoms with E-state index in [-0.39, 0.29) is 12.2 Å². The maximum atomic E-state index is 9.91. The molecule has 4 atom stereocenters. The minimum absolute atomic E-state index is 0.131. The molecule has 2 aliphatic rings. The first kappa shape index (κ1) is 11.8. The number of aliphatic hydroxyl groups excluding tert-OH is 2. The van der Waals surface area contributed by atoms with Gasteiger partial charge in [-0.1, -0.05) is 19.3 Å². The molecule has 2 aliphatic carbocycles. The lowest BCUT2D eigenvalue weighted by atomic mass is 9.95. The van der Waals surface area contributed by atoms with Gasteiger partial charge in [0.15, 0.2) is 0 Å². The smallest absolute Gasteiger partial charge is 0.0607 e.